The number of nitrogens with one attached hydrogen (secondary N) is 1. The van der Waals surface area contributed by atoms with E-state index in [1.54, 1.807) is 37.3 Å². The summed E-state index contributed by atoms with van der Waals surface area (Å²) in [6.45, 7) is 0.373. The summed E-state index contributed by atoms with van der Waals surface area (Å²) in [7, 11) is 1.16. The van der Waals surface area contributed by atoms with Crippen molar-refractivity contribution < 1.29 is 22.7 Å². The molecule has 1 aromatic carbocycles. The molecule has 1 unspecified atom stereocenters. The van der Waals surface area contributed by atoms with Crippen LogP contribution in [-0.2, 0) is 15.1 Å². The van der Waals surface area contributed by atoms with Gasteiger partial charge < -0.3 is 4.74 Å². The molecule has 0 aliphatic carbocycles. The first-order valence-electron chi connectivity index (χ1n) is 5.81. The zero-order valence-corrected chi connectivity index (χ0v) is 10.8. The number of hydrogen-bond donors (Lipinski definition) is 1. The lowest BCUT2D eigenvalue weighted by molar-refractivity contribution is -0.154. The minimum absolute atomic E-state index is 0.153. The quantitative estimate of drug-likeness (QED) is 0.839. The molecule has 0 radical (unpaired) electrons. The standard InChI is InChI=1S/C13H16F3NO2/c1-3-12(11(18)19-2,17-9-13(14,15)16)10-7-5-4-6-8-10/h4-8,17H,3,9H2,1-2H3. The highest BCUT2D eigenvalue weighted by atomic mass is 19.4. The third kappa shape index (κ3) is 3.70. The van der Waals surface area contributed by atoms with Gasteiger partial charge in [0.05, 0.1) is 13.7 Å². The van der Waals surface area contributed by atoms with Gasteiger partial charge in [0, 0.05) is 0 Å². The van der Waals surface area contributed by atoms with Gasteiger partial charge in [0.1, 0.15) is 5.54 Å². The summed E-state index contributed by atoms with van der Waals surface area (Å²) in [5.41, 5.74) is -1.03. The lowest BCUT2D eigenvalue weighted by Crippen LogP contribution is -2.52. The van der Waals surface area contributed by atoms with E-state index in [4.69, 9.17) is 0 Å². The second kappa shape index (κ2) is 6.06. The van der Waals surface area contributed by atoms with Gasteiger partial charge in [-0.15, -0.1) is 0 Å². The maximum Gasteiger partial charge on any atom is 0.401 e. The number of carbonyl (C=O) groups is 1. The summed E-state index contributed by atoms with van der Waals surface area (Å²) >= 11 is 0. The van der Waals surface area contributed by atoms with Crippen molar-refractivity contribution in [2.45, 2.75) is 25.1 Å². The number of esters is 1. The Morgan fingerprint density at radius 3 is 2.26 bits per heavy atom. The van der Waals surface area contributed by atoms with E-state index < -0.39 is 24.2 Å². The molecule has 0 saturated carbocycles. The molecule has 19 heavy (non-hydrogen) atoms. The van der Waals surface area contributed by atoms with Gasteiger partial charge in [0.15, 0.2) is 0 Å². The Labute approximate surface area is 109 Å². The molecule has 0 bridgehead atoms. The van der Waals surface area contributed by atoms with Crippen LogP contribution in [0.3, 0.4) is 0 Å². The summed E-state index contributed by atoms with van der Waals surface area (Å²) in [5.74, 6) is -0.731. The van der Waals surface area contributed by atoms with Crippen LogP contribution >= 0.6 is 0 Å². The van der Waals surface area contributed by atoms with Crippen LogP contribution in [-0.4, -0.2) is 25.8 Å². The SMILES string of the molecule is CCC(NCC(F)(F)F)(C(=O)OC)c1ccccc1. The molecule has 0 fully saturated rings. The number of methoxy groups -OCH3 is 1. The van der Waals surface area contributed by atoms with Crippen molar-refractivity contribution in [3.63, 3.8) is 0 Å². The second-order valence-corrected chi connectivity index (χ2v) is 4.09. The van der Waals surface area contributed by atoms with Gasteiger partial charge in [0.2, 0.25) is 0 Å². The van der Waals surface area contributed by atoms with Gasteiger partial charge in [-0.25, -0.2) is 4.79 Å². The van der Waals surface area contributed by atoms with Crippen molar-refractivity contribution in [3.05, 3.63) is 35.9 Å². The van der Waals surface area contributed by atoms with Gasteiger partial charge in [-0.1, -0.05) is 37.3 Å². The molecule has 6 heteroatoms. The normalized spacial score (nSPS) is 14.8. The minimum Gasteiger partial charge on any atom is -0.467 e. The minimum atomic E-state index is -4.40. The lowest BCUT2D eigenvalue weighted by atomic mass is 9.87. The number of carbonyl (C=O) groups excluding carboxylic acids is 1. The smallest absolute Gasteiger partial charge is 0.401 e. The number of rotatable bonds is 5. The molecule has 0 spiro atoms. The highest BCUT2D eigenvalue weighted by Gasteiger charge is 2.42. The highest BCUT2D eigenvalue weighted by molar-refractivity contribution is 5.82. The van der Waals surface area contributed by atoms with E-state index in [9.17, 15) is 18.0 Å². The first-order chi connectivity index (χ1) is 8.85. The Morgan fingerprint density at radius 1 is 1.26 bits per heavy atom. The van der Waals surface area contributed by atoms with Crippen LogP contribution in [0.25, 0.3) is 0 Å². The van der Waals surface area contributed by atoms with Gasteiger partial charge in [-0.3, -0.25) is 5.32 Å². The topological polar surface area (TPSA) is 38.3 Å². The molecule has 0 aromatic heterocycles. The molecule has 1 atom stereocenters. The van der Waals surface area contributed by atoms with Crippen LogP contribution in [0.15, 0.2) is 30.3 Å². The van der Waals surface area contributed by atoms with Crippen molar-refractivity contribution in [2.75, 3.05) is 13.7 Å². The predicted molar refractivity (Wildman–Crippen MR) is 64.5 cm³/mol. The number of halogens is 3. The predicted octanol–water partition coefficient (Wildman–Crippen LogP) is 2.62. The van der Waals surface area contributed by atoms with Crippen molar-refractivity contribution in [1.29, 1.82) is 0 Å². The molecule has 0 heterocycles. The van der Waals surface area contributed by atoms with Gasteiger partial charge >= 0.3 is 12.1 Å². The number of hydrogen-bond acceptors (Lipinski definition) is 3. The molecule has 0 aliphatic rings. The van der Waals surface area contributed by atoms with E-state index in [0.717, 1.165) is 7.11 Å². The molecule has 0 amide bonds. The maximum absolute atomic E-state index is 12.4. The van der Waals surface area contributed by atoms with E-state index in [1.807, 2.05) is 0 Å². The Morgan fingerprint density at radius 2 is 1.84 bits per heavy atom. The summed E-state index contributed by atoms with van der Waals surface area (Å²) < 4.78 is 41.8. The summed E-state index contributed by atoms with van der Waals surface area (Å²) in [6.07, 6.45) is -4.25. The fourth-order valence-corrected chi connectivity index (χ4v) is 1.91. The first kappa shape index (κ1) is 15.5. The zero-order valence-electron chi connectivity index (χ0n) is 10.8. The van der Waals surface area contributed by atoms with E-state index in [0.29, 0.717) is 5.56 Å². The van der Waals surface area contributed by atoms with Crippen molar-refractivity contribution in [1.82, 2.24) is 5.32 Å². The molecule has 106 valence electrons. The van der Waals surface area contributed by atoms with Crippen LogP contribution in [0.2, 0.25) is 0 Å². The second-order valence-electron chi connectivity index (χ2n) is 4.09. The van der Waals surface area contributed by atoms with Crippen molar-refractivity contribution >= 4 is 5.97 Å². The van der Waals surface area contributed by atoms with Crippen molar-refractivity contribution in [2.24, 2.45) is 0 Å². The Balaban J connectivity index is 3.12. The molecule has 1 aromatic rings. The molecular weight excluding hydrogens is 259 g/mol. The summed E-state index contributed by atoms with van der Waals surface area (Å²) in [6, 6.07) is 8.26. The van der Waals surface area contributed by atoms with E-state index >= 15 is 0 Å². The van der Waals surface area contributed by atoms with Crippen LogP contribution < -0.4 is 5.32 Å². The number of alkyl halides is 3. The van der Waals surface area contributed by atoms with Gasteiger partial charge in [-0.2, -0.15) is 13.2 Å². The average molecular weight is 275 g/mol. The van der Waals surface area contributed by atoms with Crippen LogP contribution in [0.4, 0.5) is 13.2 Å². The molecule has 1 N–H and O–H groups in total. The zero-order chi connectivity index (χ0) is 14.5. The largest absolute Gasteiger partial charge is 0.467 e. The van der Waals surface area contributed by atoms with E-state index in [2.05, 4.69) is 10.1 Å². The Kier molecular flexibility index (Phi) is 4.94. The van der Waals surface area contributed by atoms with Crippen molar-refractivity contribution in [3.8, 4) is 0 Å². The first-order valence-corrected chi connectivity index (χ1v) is 5.81. The Bertz CT molecular complexity index is 420. The van der Waals surface area contributed by atoms with E-state index in [-0.39, 0.29) is 6.42 Å². The van der Waals surface area contributed by atoms with Gasteiger partial charge in [0.25, 0.3) is 0 Å². The molecular formula is C13H16F3NO2. The molecule has 0 saturated heterocycles. The fourth-order valence-electron chi connectivity index (χ4n) is 1.91. The third-order valence-corrected chi connectivity index (χ3v) is 2.92. The molecule has 0 aliphatic heterocycles. The van der Waals surface area contributed by atoms with Crippen LogP contribution in [0.1, 0.15) is 18.9 Å². The monoisotopic (exact) mass is 275 g/mol. The Hall–Kier alpha value is -1.56. The lowest BCUT2D eigenvalue weighted by Gasteiger charge is -2.32. The maximum atomic E-state index is 12.4. The fraction of sp³-hybridized carbons (Fsp3) is 0.462. The number of benzene rings is 1. The summed E-state index contributed by atoms with van der Waals surface area (Å²) in [4.78, 5) is 11.9. The van der Waals surface area contributed by atoms with Crippen LogP contribution in [0.5, 0.6) is 0 Å². The number of ether oxygens (including phenoxy) is 1. The molecule has 3 nitrogen and oxygen atoms in total. The van der Waals surface area contributed by atoms with Crippen LogP contribution in [0, 0.1) is 0 Å². The third-order valence-electron chi connectivity index (χ3n) is 2.92. The highest BCUT2D eigenvalue weighted by Crippen LogP contribution is 2.28. The summed E-state index contributed by atoms with van der Waals surface area (Å²) in [5, 5.41) is 2.29. The van der Waals surface area contributed by atoms with Gasteiger partial charge in [-0.05, 0) is 12.0 Å². The van der Waals surface area contributed by atoms with E-state index in [1.165, 1.54) is 0 Å². The average Bonchev–Trinajstić information content (AvgIpc) is 2.39. The molecule has 1 rings (SSSR count).